The fourth-order valence-corrected chi connectivity index (χ4v) is 5.91. The van der Waals surface area contributed by atoms with Gasteiger partial charge in [0.15, 0.2) is 0 Å². The van der Waals surface area contributed by atoms with E-state index in [4.69, 9.17) is 9.47 Å². The fourth-order valence-electron chi connectivity index (χ4n) is 5.08. The number of ether oxygens (including phenoxy) is 2. The van der Waals surface area contributed by atoms with Gasteiger partial charge in [-0.05, 0) is 82.2 Å². The number of amides is 1. The molecule has 2 aromatic carbocycles. The molecule has 1 unspecified atom stereocenters. The Kier molecular flexibility index (Phi) is 7.04. The Labute approximate surface area is 209 Å². The molecule has 35 heavy (non-hydrogen) atoms. The number of hydrogen-bond donors (Lipinski definition) is 1. The van der Waals surface area contributed by atoms with Crippen molar-refractivity contribution in [2.45, 2.75) is 77.0 Å². The molecule has 0 radical (unpaired) electrons. The highest BCUT2D eigenvalue weighted by Crippen LogP contribution is 2.38. The number of nitrogens with one attached hydrogen (secondary N) is 1. The van der Waals surface area contributed by atoms with Gasteiger partial charge in [0.1, 0.15) is 23.4 Å². The lowest BCUT2D eigenvalue weighted by molar-refractivity contribution is -0.121. The number of aromatic nitrogens is 1. The number of hydrogen-bond acceptors (Lipinski definition) is 5. The zero-order valence-corrected chi connectivity index (χ0v) is 21.0. The number of carbonyl (C=O) groups excluding carboxylic acids is 1. The summed E-state index contributed by atoms with van der Waals surface area (Å²) < 4.78 is 26.6. The summed E-state index contributed by atoms with van der Waals surface area (Å²) in [6.07, 6.45) is 5.41. The smallest absolute Gasteiger partial charge is 0.226 e. The molecule has 1 amide bonds. The van der Waals surface area contributed by atoms with Crippen molar-refractivity contribution in [1.82, 2.24) is 10.3 Å². The fraction of sp³-hybridized carbons (Fsp3) is 0.429. The molecule has 5 rings (SSSR count). The lowest BCUT2D eigenvalue weighted by Gasteiger charge is -2.30. The Morgan fingerprint density at radius 3 is 2.69 bits per heavy atom. The van der Waals surface area contributed by atoms with E-state index in [2.05, 4.69) is 16.4 Å². The Balaban J connectivity index is 1.11. The van der Waals surface area contributed by atoms with Crippen LogP contribution in [-0.4, -0.2) is 23.0 Å². The van der Waals surface area contributed by atoms with Crippen LogP contribution in [0.2, 0.25) is 0 Å². The molecule has 1 N–H and O–H groups in total. The van der Waals surface area contributed by atoms with Crippen LogP contribution in [0.25, 0.3) is 0 Å². The summed E-state index contributed by atoms with van der Waals surface area (Å²) >= 11 is 1.64. The number of aryl methyl sites for hydroxylation is 3. The second-order valence-electron chi connectivity index (χ2n) is 9.51. The second kappa shape index (κ2) is 10.4. The summed E-state index contributed by atoms with van der Waals surface area (Å²) in [5.41, 5.74) is 2.60. The molecular formula is C28H31FN2O3S. The van der Waals surface area contributed by atoms with Gasteiger partial charge in [0.2, 0.25) is 5.91 Å². The van der Waals surface area contributed by atoms with Crippen molar-refractivity contribution in [2.24, 2.45) is 0 Å². The molecule has 1 aromatic heterocycles. The highest BCUT2D eigenvalue weighted by molar-refractivity contribution is 7.11. The van der Waals surface area contributed by atoms with Crippen molar-refractivity contribution in [3.63, 3.8) is 0 Å². The number of carbonyl (C=O) groups is 1. The van der Waals surface area contributed by atoms with Gasteiger partial charge >= 0.3 is 0 Å². The van der Waals surface area contributed by atoms with Crippen molar-refractivity contribution in [3.05, 3.63) is 75.0 Å². The van der Waals surface area contributed by atoms with E-state index in [1.807, 2.05) is 32.0 Å². The molecule has 1 atom stereocenters. The quantitative estimate of drug-likeness (QED) is 0.456. The van der Waals surface area contributed by atoms with Crippen molar-refractivity contribution in [1.29, 1.82) is 0 Å². The van der Waals surface area contributed by atoms with Gasteiger partial charge in [-0.2, -0.15) is 0 Å². The molecule has 2 aliphatic rings. The van der Waals surface area contributed by atoms with E-state index in [0.717, 1.165) is 71.2 Å². The number of nitrogens with zero attached hydrogens (tertiary/aromatic N) is 1. The summed E-state index contributed by atoms with van der Waals surface area (Å²) in [4.78, 5) is 18.1. The van der Waals surface area contributed by atoms with Gasteiger partial charge < -0.3 is 14.8 Å². The molecule has 1 aliphatic heterocycles. The van der Waals surface area contributed by atoms with Crippen molar-refractivity contribution in [3.8, 4) is 11.5 Å². The molecule has 0 bridgehead atoms. The monoisotopic (exact) mass is 494 g/mol. The van der Waals surface area contributed by atoms with Crippen molar-refractivity contribution >= 4 is 17.2 Å². The first-order chi connectivity index (χ1) is 16.9. The maximum absolute atomic E-state index is 14.2. The summed E-state index contributed by atoms with van der Waals surface area (Å²) in [6.45, 7) is 3.99. The Hall–Kier alpha value is -2.93. The van der Waals surface area contributed by atoms with Gasteiger partial charge in [0.25, 0.3) is 0 Å². The molecule has 0 spiro atoms. The maximum Gasteiger partial charge on any atom is 0.226 e. The van der Waals surface area contributed by atoms with Gasteiger partial charge in [-0.25, -0.2) is 9.37 Å². The van der Waals surface area contributed by atoms with Crippen LogP contribution in [-0.2, 0) is 17.6 Å². The van der Waals surface area contributed by atoms with Crippen LogP contribution < -0.4 is 14.8 Å². The van der Waals surface area contributed by atoms with Gasteiger partial charge in [-0.15, -0.1) is 11.3 Å². The standard InChI is InChI=1S/C28H31FN2O3S/c1-17-25(30-18(2)35-17)16-28(32)31-20-8-10-21(11-9-20)33-22-12-14-26-19(15-22)7-13-27(34-26)23-5-3-4-6-24(23)29/h3-6,12,14-15,20-21,27H,7-11,13,16H2,1-2H3,(H,31,32). The number of rotatable bonds is 6. The number of fused-ring (bicyclic) bond motifs is 1. The van der Waals surface area contributed by atoms with E-state index < -0.39 is 0 Å². The summed E-state index contributed by atoms with van der Waals surface area (Å²) in [5.74, 6) is 1.47. The highest BCUT2D eigenvalue weighted by atomic mass is 32.1. The normalized spacial score (nSPS) is 21.6. The minimum Gasteiger partial charge on any atom is -0.490 e. The van der Waals surface area contributed by atoms with E-state index in [1.54, 1.807) is 23.5 Å². The lowest BCUT2D eigenvalue weighted by Crippen LogP contribution is -2.40. The molecule has 7 heteroatoms. The number of thiazole rings is 1. The van der Waals surface area contributed by atoms with Crippen LogP contribution in [0.1, 0.15) is 64.9 Å². The topological polar surface area (TPSA) is 60.5 Å². The average molecular weight is 495 g/mol. The molecular weight excluding hydrogens is 463 g/mol. The summed E-state index contributed by atoms with van der Waals surface area (Å²) in [5, 5.41) is 4.18. The third-order valence-corrected chi connectivity index (χ3v) is 7.83. The second-order valence-corrected chi connectivity index (χ2v) is 10.9. The average Bonchev–Trinajstić information content (AvgIpc) is 3.16. The van der Waals surface area contributed by atoms with Crippen molar-refractivity contribution in [2.75, 3.05) is 0 Å². The molecule has 0 saturated heterocycles. The summed E-state index contributed by atoms with van der Waals surface area (Å²) in [6, 6.07) is 12.9. The lowest BCUT2D eigenvalue weighted by atomic mass is 9.92. The highest BCUT2D eigenvalue weighted by Gasteiger charge is 2.26. The predicted molar refractivity (Wildman–Crippen MR) is 135 cm³/mol. The van der Waals surface area contributed by atoms with Gasteiger partial charge in [-0.3, -0.25) is 4.79 Å². The molecule has 5 nitrogen and oxygen atoms in total. The van der Waals surface area contributed by atoms with Gasteiger partial charge in [0.05, 0.1) is 23.2 Å². The molecule has 1 aliphatic carbocycles. The van der Waals surface area contributed by atoms with Crippen LogP contribution in [0.5, 0.6) is 11.5 Å². The zero-order valence-electron chi connectivity index (χ0n) is 20.2. The van der Waals surface area contributed by atoms with E-state index in [1.165, 1.54) is 6.07 Å². The van der Waals surface area contributed by atoms with E-state index in [9.17, 15) is 9.18 Å². The Morgan fingerprint density at radius 2 is 1.94 bits per heavy atom. The van der Waals surface area contributed by atoms with Gasteiger partial charge in [0, 0.05) is 16.5 Å². The van der Waals surface area contributed by atoms with Crippen LogP contribution >= 0.6 is 11.3 Å². The minimum atomic E-state index is -0.260. The van der Waals surface area contributed by atoms with Crippen molar-refractivity contribution < 1.29 is 18.7 Å². The van der Waals surface area contributed by atoms with Crippen LogP contribution in [0.15, 0.2) is 42.5 Å². The molecule has 1 fully saturated rings. The first-order valence-corrected chi connectivity index (χ1v) is 13.2. The molecule has 2 heterocycles. The van der Waals surface area contributed by atoms with Crippen LogP contribution in [0.3, 0.4) is 0 Å². The Morgan fingerprint density at radius 1 is 1.14 bits per heavy atom. The van der Waals surface area contributed by atoms with E-state index >= 15 is 0 Å². The first-order valence-electron chi connectivity index (χ1n) is 12.4. The van der Waals surface area contributed by atoms with Crippen LogP contribution in [0, 0.1) is 19.7 Å². The van der Waals surface area contributed by atoms with Crippen LogP contribution in [0.4, 0.5) is 4.39 Å². The number of benzene rings is 2. The molecule has 184 valence electrons. The predicted octanol–water partition coefficient (Wildman–Crippen LogP) is 6.01. The largest absolute Gasteiger partial charge is 0.490 e. The SMILES string of the molecule is Cc1nc(CC(=O)NC2CCC(Oc3ccc4c(c3)CCC(c3ccccc3F)O4)CC2)c(C)s1. The van der Waals surface area contributed by atoms with Gasteiger partial charge in [-0.1, -0.05) is 18.2 Å². The number of halogens is 1. The third kappa shape index (κ3) is 5.67. The molecule has 3 aromatic rings. The molecule has 1 saturated carbocycles. The minimum absolute atomic E-state index is 0.0474. The summed E-state index contributed by atoms with van der Waals surface area (Å²) in [7, 11) is 0. The first kappa shape index (κ1) is 23.8. The third-order valence-electron chi connectivity index (χ3n) is 6.90. The maximum atomic E-state index is 14.2. The van der Waals surface area contributed by atoms with E-state index in [-0.39, 0.29) is 30.0 Å². The zero-order chi connectivity index (χ0) is 24.4. The Bertz CT molecular complexity index is 1200. The van der Waals surface area contributed by atoms with E-state index in [0.29, 0.717) is 12.0 Å².